The third-order valence-corrected chi connectivity index (χ3v) is 6.11. The molecule has 0 unspecified atom stereocenters. The second-order valence-corrected chi connectivity index (χ2v) is 8.16. The van der Waals surface area contributed by atoms with E-state index in [2.05, 4.69) is 27.1 Å². The van der Waals surface area contributed by atoms with E-state index in [0.717, 1.165) is 43.0 Å². The average molecular weight is 420 g/mol. The number of nitrogens with two attached hydrogens (primary N) is 1. The fourth-order valence-electron chi connectivity index (χ4n) is 3.77. The van der Waals surface area contributed by atoms with Crippen LogP contribution < -0.4 is 16.4 Å². The maximum Gasteiger partial charge on any atom is 0.250 e. The fourth-order valence-corrected chi connectivity index (χ4v) is 4.42. The number of hydrogen-bond donors (Lipinski definition) is 3. The quantitative estimate of drug-likeness (QED) is 0.458. The van der Waals surface area contributed by atoms with Gasteiger partial charge in [-0.1, -0.05) is 6.07 Å². The van der Waals surface area contributed by atoms with Crippen LogP contribution in [0.15, 0.2) is 42.0 Å². The molecule has 0 fully saturated rings. The van der Waals surface area contributed by atoms with Gasteiger partial charge in [0.15, 0.2) is 11.6 Å². The Morgan fingerprint density at radius 1 is 1.23 bits per heavy atom. The van der Waals surface area contributed by atoms with Gasteiger partial charge in [-0.15, -0.1) is 11.3 Å². The molecule has 152 valence electrons. The van der Waals surface area contributed by atoms with Crippen LogP contribution in [0.25, 0.3) is 17.2 Å². The summed E-state index contributed by atoms with van der Waals surface area (Å²) in [6, 6.07) is 7.63. The summed E-state index contributed by atoms with van der Waals surface area (Å²) in [5.74, 6) is 1.48. The van der Waals surface area contributed by atoms with Crippen molar-refractivity contribution in [1.82, 2.24) is 24.7 Å². The molecule has 8 nitrogen and oxygen atoms in total. The summed E-state index contributed by atoms with van der Waals surface area (Å²) in [6.45, 7) is 2.49. The van der Waals surface area contributed by atoms with E-state index in [9.17, 15) is 4.79 Å². The lowest BCUT2D eigenvalue weighted by molar-refractivity contribution is 0.100. The van der Waals surface area contributed by atoms with Crippen molar-refractivity contribution >= 4 is 28.6 Å². The van der Waals surface area contributed by atoms with Crippen LogP contribution in [0.5, 0.6) is 0 Å². The third kappa shape index (κ3) is 3.42. The summed E-state index contributed by atoms with van der Waals surface area (Å²) in [5, 5.41) is 9.00. The largest absolute Gasteiger partial charge is 0.366 e. The maximum atomic E-state index is 11.8. The van der Waals surface area contributed by atoms with Crippen LogP contribution in [0.4, 0.5) is 5.82 Å². The predicted octanol–water partition coefficient (Wildman–Crippen LogP) is 2.25. The fraction of sp³-hybridized carbons (Fsp3) is 0.238. The zero-order valence-corrected chi connectivity index (χ0v) is 17.1. The van der Waals surface area contributed by atoms with Crippen molar-refractivity contribution in [2.75, 3.05) is 18.4 Å². The highest BCUT2D eigenvalue weighted by molar-refractivity contribution is 7.09. The lowest BCUT2D eigenvalue weighted by Gasteiger charge is -2.14. The van der Waals surface area contributed by atoms with E-state index >= 15 is 0 Å². The minimum absolute atomic E-state index is 0.422. The summed E-state index contributed by atoms with van der Waals surface area (Å²) >= 11 is 1.71. The molecule has 4 N–H and O–H groups in total. The van der Waals surface area contributed by atoms with Crippen molar-refractivity contribution < 1.29 is 4.79 Å². The van der Waals surface area contributed by atoms with Crippen molar-refractivity contribution in [1.29, 1.82) is 0 Å². The van der Waals surface area contributed by atoms with Gasteiger partial charge in [0.25, 0.3) is 5.91 Å². The zero-order valence-electron chi connectivity index (χ0n) is 16.3. The number of primary amides is 1. The highest BCUT2D eigenvalue weighted by Crippen LogP contribution is 2.26. The van der Waals surface area contributed by atoms with Crippen LogP contribution >= 0.6 is 11.3 Å². The minimum Gasteiger partial charge on any atom is -0.366 e. The van der Waals surface area contributed by atoms with Crippen molar-refractivity contribution in [2.24, 2.45) is 5.73 Å². The molecule has 9 heteroatoms. The number of rotatable bonds is 5. The minimum atomic E-state index is -0.487. The molecule has 1 aliphatic heterocycles. The Balaban J connectivity index is 1.61. The first kappa shape index (κ1) is 18.7. The number of fused-ring (bicyclic) bond motifs is 2. The van der Waals surface area contributed by atoms with Gasteiger partial charge < -0.3 is 16.4 Å². The molecule has 4 aromatic heterocycles. The maximum absolute atomic E-state index is 11.8. The first-order valence-electron chi connectivity index (χ1n) is 9.83. The lowest BCUT2D eigenvalue weighted by Crippen LogP contribution is -2.16. The second kappa shape index (κ2) is 7.85. The lowest BCUT2D eigenvalue weighted by atomic mass is 10.1. The van der Waals surface area contributed by atoms with Crippen LogP contribution in [-0.2, 0) is 19.4 Å². The van der Waals surface area contributed by atoms with E-state index in [4.69, 9.17) is 15.7 Å². The highest BCUT2D eigenvalue weighted by atomic mass is 32.1. The SMILES string of the molecule is NC(=O)c1cccn2c(-c3nc4c(c(NCc5cccs5)n3)CCNCC4)ncc12. The number of thiophene rings is 1. The van der Waals surface area contributed by atoms with Crippen molar-refractivity contribution in [3.05, 3.63) is 63.7 Å². The standard InChI is InChI=1S/C21H21N7OS/c22-18(29)15-4-1-9-28-17(15)12-25-21(28)20-26-16-6-8-23-7-5-14(16)19(27-20)24-11-13-3-2-10-30-13/h1-4,9-10,12,23H,5-8,11H2,(H2,22,29)(H,24,26,27). The first-order valence-corrected chi connectivity index (χ1v) is 10.7. The molecule has 0 spiro atoms. The Morgan fingerprint density at radius 2 is 2.13 bits per heavy atom. The smallest absolute Gasteiger partial charge is 0.250 e. The Kier molecular flexibility index (Phi) is 4.89. The van der Waals surface area contributed by atoms with Crippen LogP contribution in [0.1, 0.15) is 26.5 Å². The number of aromatic nitrogens is 4. The summed E-state index contributed by atoms with van der Waals surface area (Å²) < 4.78 is 1.82. The van der Waals surface area contributed by atoms with Crippen LogP contribution in [0.2, 0.25) is 0 Å². The molecule has 1 amide bonds. The number of carbonyl (C=O) groups is 1. The van der Waals surface area contributed by atoms with Crippen LogP contribution in [0.3, 0.4) is 0 Å². The van der Waals surface area contributed by atoms with Crippen LogP contribution in [0, 0.1) is 0 Å². The summed E-state index contributed by atoms with van der Waals surface area (Å²) in [6.07, 6.45) is 5.19. The van der Waals surface area contributed by atoms with Gasteiger partial charge in [-0.3, -0.25) is 9.20 Å². The monoisotopic (exact) mass is 419 g/mol. The summed E-state index contributed by atoms with van der Waals surface area (Å²) in [4.78, 5) is 27.2. The highest BCUT2D eigenvalue weighted by Gasteiger charge is 2.20. The average Bonchev–Trinajstić information content (AvgIpc) is 3.36. The summed E-state index contributed by atoms with van der Waals surface area (Å²) in [5.41, 5.74) is 8.77. The molecular weight excluding hydrogens is 398 g/mol. The topological polar surface area (TPSA) is 110 Å². The molecule has 0 saturated heterocycles. The van der Waals surface area contributed by atoms with Crippen LogP contribution in [-0.4, -0.2) is 38.3 Å². The van der Waals surface area contributed by atoms with E-state index < -0.39 is 5.91 Å². The van der Waals surface area contributed by atoms with Gasteiger partial charge in [-0.25, -0.2) is 15.0 Å². The van der Waals surface area contributed by atoms with E-state index in [1.807, 2.05) is 16.7 Å². The molecule has 30 heavy (non-hydrogen) atoms. The van der Waals surface area contributed by atoms with Crippen molar-refractivity contribution in [3.63, 3.8) is 0 Å². The Bertz CT molecular complexity index is 1220. The van der Waals surface area contributed by atoms with Gasteiger partial charge in [0.05, 0.1) is 29.5 Å². The Hall–Kier alpha value is -3.30. The number of pyridine rings is 1. The number of nitrogens with zero attached hydrogens (tertiary/aromatic N) is 4. The summed E-state index contributed by atoms with van der Waals surface area (Å²) in [7, 11) is 0. The van der Waals surface area contributed by atoms with E-state index in [0.29, 0.717) is 29.3 Å². The molecule has 0 aliphatic carbocycles. The van der Waals surface area contributed by atoms with Gasteiger partial charge in [0, 0.05) is 29.6 Å². The van der Waals surface area contributed by atoms with Gasteiger partial charge in [-0.2, -0.15) is 0 Å². The van der Waals surface area contributed by atoms with Gasteiger partial charge in [0.1, 0.15) is 5.82 Å². The zero-order chi connectivity index (χ0) is 20.5. The molecule has 0 radical (unpaired) electrons. The van der Waals surface area contributed by atoms with Gasteiger partial charge in [0.2, 0.25) is 0 Å². The molecule has 4 aromatic rings. The Morgan fingerprint density at radius 3 is 2.97 bits per heavy atom. The number of anilines is 1. The number of carbonyl (C=O) groups excluding carboxylic acids is 1. The first-order chi connectivity index (χ1) is 14.7. The number of amides is 1. The predicted molar refractivity (Wildman–Crippen MR) is 117 cm³/mol. The third-order valence-electron chi connectivity index (χ3n) is 5.23. The van der Waals surface area contributed by atoms with Gasteiger partial charge in [-0.05, 0) is 36.5 Å². The molecule has 0 saturated carbocycles. The van der Waals surface area contributed by atoms with E-state index in [1.165, 1.54) is 4.88 Å². The molecule has 0 atom stereocenters. The molecule has 5 rings (SSSR count). The van der Waals surface area contributed by atoms with Gasteiger partial charge >= 0.3 is 0 Å². The molecule has 5 heterocycles. The molecular formula is C21H21N7OS. The van der Waals surface area contributed by atoms with Crippen molar-refractivity contribution in [3.8, 4) is 11.6 Å². The molecule has 0 aromatic carbocycles. The molecule has 1 aliphatic rings. The number of imidazole rings is 1. The normalized spacial score (nSPS) is 13.7. The van der Waals surface area contributed by atoms with E-state index in [1.54, 1.807) is 29.7 Å². The number of nitrogens with one attached hydrogen (secondary N) is 2. The Labute approximate surface area is 177 Å². The number of hydrogen-bond acceptors (Lipinski definition) is 7. The van der Waals surface area contributed by atoms with E-state index in [-0.39, 0.29) is 0 Å². The van der Waals surface area contributed by atoms with Crippen molar-refractivity contribution in [2.45, 2.75) is 19.4 Å². The molecule has 0 bridgehead atoms. The second-order valence-electron chi connectivity index (χ2n) is 7.13.